The molecule has 0 fully saturated rings. The lowest BCUT2D eigenvalue weighted by atomic mass is 9.96. The molecule has 0 aliphatic carbocycles. The van der Waals surface area contributed by atoms with Gasteiger partial charge in [-0.05, 0) is 61.2 Å². The highest BCUT2D eigenvalue weighted by atomic mass is 32.2. The number of anilines is 1. The van der Waals surface area contributed by atoms with Crippen LogP contribution in [-0.4, -0.2) is 20.9 Å². The van der Waals surface area contributed by atoms with Gasteiger partial charge in [0.25, 0.3) is 0 Å². The predicted molar refractivity (Wildman–Crippen MR) is 103 cm³/mol. The topological polar surface area (TPSA) is 66.5 Å². The number of carbonyl (C=O) groups excluding carboxylic acids is 1. The van der Waals surface area contributed by atoms with Crippen LogP contribution in [0.3, 0.4) is 0 Å². The number of amides is 1. The largest absolute Gasteiger partial charge is 0.312 e. The van der Waals surface area contributed by atoms with Gasteiger partial charge in [0.1, 0.15) is 5.82 Å². The van der Waals surface area contributed by atoms with E-state index in [1.165, 1.54) is 12.1 Å². The van der Waals surface area contributed by atoms with Crippen LogP contribution in [0.15, 0.2) is 47.4 Å². The van der Waals surface area contributed by atoms with Crippen molar-refractivity contribution in [1.29, 1.82) is 0 Å². The van der Waals surface area contributed by atoms with Crippen LogP contribution in [0.5, 0.6) is 0 Å². The van der Waals surface area contributed by atoms with Crippen molar-refractivity contribution in [3.63, 3.8) is 0 Å². The Bertz CT molecular complexity index is 942. The summed E-state index contributed by atoms with van der Waals surface area (Å²) < 4.78 is 40.7. The summed E-state index contributed by atoms with van der Waals surface area (Å²) in [5.41, 5.74) is 2.78. The molecule has 0 saturated carbocycles. The highest BCUT2D eigenvalue weighted by Gasteiger charge is 2.25. The maximum Gasteiger partial charge on any atom is 0.241 e. The Morgan fingerprint density at radius 2 is 1.85 bits per heavy atom. The summed E-state index contributed by atoms with van der Waals surface area (Å²) >= 11 is 0. The first kappa shape index (κ1) is 19.5. The van der Waals surface area contributed by atoms with Crippen molar-refractivity contribution in [3.05, 3.63) is 59.4 Å². The summed E-state index contributed by atoms with van der Waals surface area (Å²) in [5, 5.41) is 0. The fourth-order valence-electron chi connectivity index (χ4n) is 3.30. The van der Waals surface area contributed by atoms with Crippen LogP contribution in [0, 0.1) is 5.82 Å². The molecule has 2 aromatic carbocycles. The molecule has 2 aromatic rings. The molecule has 1 atom stereocenters. The number of nitrogens with one attached hydrogen (secondary N) is 1. The average molecular weight is 390 g/mol. The Morgan fingerprint density at radius 3 is 2.52 bits per heavy atom. The first-order valence-corrected chi connectivity index (χ1v) is 10.5. The maximum atomic E-state index is 13.0. The Balaban J connectivity index is 1.82. The van der Waals surface area contributed by atoms with E-state index < -0.39 is 21.9 Å². The van der Waals surface area contributed by atoms with Crippen molar-refractivity contribution in [2.75, 3.05) is 11.4 Å². The highest BCUT2D eigenvalue weighted by Crippen LogP contribution is 2.31. The van der Waals surface area contributed by atoms with Gasteiger partial charge in [-0.25, -0.2) is 17.5 Å². The van der Waals surface area contributed by atoms with E-state index in [-0.39, 0.29) is 10.8 Å². The van der Waals surface area contributed by atoms with Gasteiger partial charge in [0.2, 0.25) is 15.9 Å². The van der Waals surface area contributed by atoms with Gasteiger partial charge in [-0.1, -0.05) is 19.1 Å². The number of carbonyl (C=O) groups is 1. The van der Waals surface area contributed by atoms with Crippen molar-refractivity contribution in [2.45, 2.75) is 44.0 Å². The molecule has 0 bridgehead atoms. The molecule has 3 rings (SSSR count). The molecule has 1 aliphatic rings. The second kappa shape index (κ2) is 7.78. The zero-order chi connectivity index (χ0) is 19.6. The van der Waals surface area contributed by atoms with E-state index in [2.05, 4.69) is 4.72 Å². The molecule has 27 heavy (non-hydrogen) atoms. The zero-order valence-corrected chi connectivity index (χ0v) is 16.2. The van der Waals surface area contributed by atoms with Gasteiger partial charge in [0.05, 0.1) is 4.90 Å². The average Bonchev–Trinajstić information content (AvgIpc) is 2.63. The lowest BCUT2D eigenvalue weighted by Crippen LogP contribution is -2.35. The van der Waals surface area contributed by atoms with Crippen LogP contribution in [0.25, 0.3) is 0 Å². The number of fused-ring (bicyclic) bond motifs is 1. The first-order valence-electron chi connectivity index (χ1n) is 9.03. The molecule has 7 heteroatoms. The highest BCUT2D eigenvalue weighted by molar-refractivity contribution is 7.89. The molecule has 1 N–H and O–H groups in total. The fraction of sp³-hybridized carbons (Fsp3) is 0.350. The van der Waals surface area contributed by atoms with Crippen LogP contribution in [-0.2, 0) is 21.2 Å². The molecule has 0 spiro atoms. The number of rotatable bonds is 6. The first-order chi connectivity index (χ1) is 12.8. The molecule has 1 aliphatic heterocycles. The number of hydrogen-bond acceptors (Lipinski definition) is 3. The normalized spacial score (nSPS) is 15.5. The van der Waals surface area contributed by atoms with Crippen LogP contribution < -0.4 is 9.62 Å². The summed E-state index contributed by atoms with van der Waals surface area (Å²) in [7, 11) is -3.76. The predicted octanol–water partition coefficient (Wildman–Crippen LogP) is 3.55. The number of nitrogens with zero attached hydrogens (tertiary/aromatic N) is 1. The number of hydrogen-bond donors (Lipinski definition) is 1. The standard InChI is InChI=1S/C20H23FN2O3S/c1-3-12-23-19-10-4-15(13-16(19)5-11-20(23)24)14(2)22-27(25,26)18-8-6-17(21)7-9-18/h4,6-10,13-14,22H,3,5,11-12H2,1-2H3. The van der Waals surface area contributed by atoms with E-state index >= 15 is 0 Å². The van der Waals surface area contributed by atoms with E-state index in [4.69, 9.17) is 0 Å². The number of sulfonamides is 1. The second-order valence-electron chi connectivity index (χ2n) is 6.73. The molecule has 1 heterocycles. The summed E-state index contributed by atoms with van der Waals surface area (Å²) in [5.74, 6) is -0.356. The van der Waals surface area contributed by atoms with E-state index in [9.17, 15) is 17.6 Å². The van der Waals surface area contributed by atoms with Crippen molar-refractivity contribution < 1.29 is 17.6 Å². The van der Waals surface area contributed by atoms with Crippen LogP contribution in [0.2, 0.25) is 0 Å². The van der Waals surface area contributed by atoms with E-state index in [0.717, 1.165) is 35.4 Å². The minimum absolute atomic E-state index is 0.0217. The van der Waals surface area contributed by atoms with Crippen LogP contribution in [0.1, 0.15) is 43.9 Å². The molecule has 1 amide bonds. The summed E-state index contributed by atoms with van der Waals surface area (Å²) in [4.78, 5) is 14.0. The van der Waals surface area contributed by atoms with E-state index in [0.29, 0.717) is 19.4 Å². The van der Waals surface area contributed by atoms with Gasteiger partial charge in [-0.15, -0.1) is 0 Å². The molecule has 144 valence electrons. The van der Waals surface area contributed by atoms with Gasteiger partial charge in [0, 0.05) is 24.7 Å². The molecule has 0 radical (unpaired) electrons. The van der Waals surface area contributed by atoms with Crippen LogP contribution in [0.4, 0.5) is 10.1 Å². The summed E-state index contributed by atoms with van der Waals surface area (Å²) in [6, 6.07) is 9.97. The Hall–Kier alpha value is -2.25. The second-order valence-corrected chi connectivity index (χ2v) is 8.44. The van der Waals surface area contributed by atoms with E-state index in [1.807, 2.05) is 25.1 Å². The van der Waals surface area contributed by atoms with E-state index in [1.54, 1.807) is 11.8 Å². The van der Waals surface area contributed by atoms with Crippen molar-refractivity contribution in [3.8, 4) is 0 Å². The Labute approximate surface area is 159 Å². The smallest absolute Gasteiger partial charge is 0.241 e. The van der Waals surface area contributed by atoms with Gasteiger partial charge < -0.3 is 4.90 Å². The minimum atomic E-state index is -3.76. The molecular weight excluding hydrogens is 367 g/mol. The molecular formula is C20H23FN2O3S. The summed E-state index contributed by atoms with van der Waals surface area (Å²) in [6.45, 7) is 4.47. The Kier molecular flexibility index (Phi) is 5.62. The lowest BCUT2D eigenvalue weighted by Gasteiger charge is -2.30. The monoisotopic (exact) mass is 390 g/mol. The molecule has 1 unspecified atom stereocenters. The Morgan fingerprint density at radius 1 is 1.15 bits per heavy atom. The van der Waals surface area contributed by atoms with Crippen LogP contribution >= 0.6 is 0 Å². The SMILES string of the molecule is CCCN1C(=O)CCc2cc(C(C)NS(=O)(=O)c3ccc(F)cc3)ccc21. The molecule has 5 nitrogen and oxygen atoms in total. The van der Waals surface area contributed by atoms with Gasteiger partial charge >= 0.3 is 0 Å². The zero-order valence-electron chi connectivity index (χ0n) is 15.4. The third-order valence-corrected chi connectivity index (χ3v) is 6.26. The summed E-state index contributed by atoms with van der Waals surface area (Å²) in [6.07, 6.45) is 1.99. The fourth-order valence-corrected chi connectivity index (χ4v) is 4.53. The van der Waals surface area contributed by atoms with Gasteiger partial charge in [-0.2, -0.15) is 0 Å². The third-order valence-electron chi connectivity index (χ3n) is 4.71. The quantitative estimate of drug-likeness (QED) is 0.820. The minimum Gasteiger partial charge on any atom is -0.312 e. The number of halogens is 1. The number of benzene rings is 2. The van der Waals surface area contributed by atoms with Crippen molar-refractivity contribution in [1.82, 2.24) is 4.72 Å². The molecule has 0 saturated heterocycles. The number of aryl methyl sites for hydroxylation is 1. The third kappa shape index (κ3) is 4.20. The molecule has 0 aromatic heterocycles. The maximum absolute atomic E-state index is 13.0. The lowest BCUT2D eigenvalue weighted by molar-refractivity contribution is -0.118. The van der Waals surface area contributed by atoms with Gasteiger partial charge in [-0.3, -0.25) is 4.79 Å². The van der Waals surface area contributed by atoms with Gasteiger partial charge in [0.15, 0.2) is 0 Å². The van der Waals surface area contributed by atoms with Crippen molar-refractivity contribution in [2.24, 2.45) is 0 Å². The van der Waals surface area contributed by atoms with Crippen molar-refractivity contribution >= 4 is 21.6 Å².